The average molecular weight is 394 g/mol. The molecule has 0 saturated carbocycles. The zero-order chi connectivity index (χ0) is 18.5. The Bertz CT molecular complexity index is 909. The van der Waals surface area contributed by atoms with Crippen LogP contribution >= 0.6 is 22.9 Å². The molecule has 2 aromatic heterocycles. The van der Waals surface area contributed by atoms with E-state index in [0.717, 1.165) is 10.7 Å². The maximum Gasteiger partial charge on any atom is 0.273 e. The van der Waals surface area contributed by atoms with E-state index in [1.807, 2.05) is 12.3 Å². The molecule has 0 fully saturated rings. The fourth-order valence-electron chi connectivity index (χ4n) is 2.15. The minimum Gasteiger partial charge on any atom is -0.493 e. The molecule has 0 saturated heterocycles. The number of hydrogen-bond donors (Lipinski definition) is 1. The van der Waals surface area contributed by atoms with Gasteiger partial charge in [0.2, 0.25) is 0 Å². The highest BCUT2D eigenvalue weighted by molar-refractivity contribution is 7.09. The molecule has 1 aromatic carbocycles. The third-order valence-electron chi connectivity index (χ3n) is 3.38. The van der Waals surface area contributed by atoms with E-state index in [1.165, 1.54) is 24.5 Å². The fourth-order valence-corrected chi connectivity index (χ4v) is 2.92. The second-order valence-electron chi connectivity index (χ2n) is 5.30. The van der Waals surface area contributed by atoms with Gasteiger partial charge in [-0.15, -0.1) is 11.3 Å². The molecule has 0 spiro atoms. The number of nitrogens with zero attached hydrogens (tertiary/aromatic N) is 2. The van der Waals surface area contributed by atoms with Crippen molar-refractivity contribution in [1.29, 1.82) is 0 Å². The lowest BCUT2D eigenvalue weighted by Gasteiger charge is -2.09. The van der Waals surface area contributed by atoms with Crippen LogP contribution in [0.3, 0.4) is 0 Å². The van der Waals surface area contributed by atoms with Crippen LogP contribution in [-0.4, -0.2) is 23.2 Å². The van der Waals surface area contributed by atoms with Gasteiger partial charge in [0.1, 0.15) is 6.61 Å². The minimum atomic E-state index is -0.338. The molecule has 9 heteroatoms. The Kier molecular flexibility index (Phi) is 5.75. The molecule has 1 N–H and O–H groups in total. The number of amides is 1. The summed E-state index contributed by atoms with van der Waals surface area (Å²) >= 11 is 7.45. The predicted octanol–water partition coefficient (Wildman–Crippen LogP) is 3.61. The Balaban J connectivity index is 1.56. The number of aromatic nitrogens is 2. The molecule has 136 valence electrons. The molecule has 3 aromatic rings. The van der Waals surface area contributed by atoms with Gasteiger partial charge in [0.05, 0.1) is 24.4 Å². The fraction of sp³-hybridized carbons (Fsp3) is 0.235. The average Bonchev–Trinajstić information content (AvgIpc) is 3.27. The largest absolute Gasteiger partial charge is 0.493 e. The maximum absolute atomic E-state index is 12.1. The van der Waals surface area contributed by atoms with E-state index in [9.17, 15) is 4.79 Å². The molecule has 26 heavy (non-hydrogen) atoms. The van der Waals surface area contributed by atoms with Gasteiger partial charge in [-0.3, -0.25) is 4.79 Å². The molecule has 0 atom stereocenters. The van der Waals surface area contributed by atoms with Crippen molar-refractivity contribution in [3.8, 4) is 11.5 Å². The van der Waals surface area contributed by atoms with E-state index in [-0.39, 0.29) is 18.2 Å². The third kappa shape index (κ3) is 4.53. The van der Waals surface area contributed by atoms with Crippen LogP contribution in [0, 0.1) is 6.92 Å². The van der Waals surface area contributed by atoms with Crippen molar-refractivity contribution in [3.63, 3.8) is 0 Å². The van der Waals surface area contributed by atoms with Crippen molar-refractivity contribution in [2.75, 3.05) is 7.11 Å². The summed E-state index contributed by atoms with van der Waals surface area (Å²) in [6, 6.07) is 6.57. The Hall–Kier alpha value is -2.58. The second kappa shape index (κ2) is 8.20. The van der Waals surface area contributed by atoms with Crippen LogP contribution in [0.1, 0.15) is 27.0 Å². The summed E-state index contributed by atoms with van der Waals surface area (Å²) in [5.74, 6) is 1.10. The molecule has 0 aliphatic heterocycles. The highest BCUT2D eigenvalue weighted by Crippen LogP contribution is 2.30. The zero-order valence-corrected chi connectivity index (χ0v) is 15.7. The lowest BCUT2D eigenvalue weighted by molar-refractivity contribution is 0.0941. The van der Waals surface area contributed by atoms with E-state index < -0.39 is 0 Å². The maximum atomic E-state index is 12.1. The van der Waals surface area contributed by atoms with Crippen LogP contribution in [0.2, 0.25) is 5.02 Å². The first kappa shape index (κ1) is 18.2. The summed E-state index contributed by atoms with van der Waals surface area (Å²) in [6.07, 6.45) is 0. The van der Waals surface area contributed by atoms with E-state index >= 15 is 0 Å². The topological polar surface area (TPSA) is 86.5 Å². The molecule has 0 aliphatic rings. The van der Waals surface area contributed by atoms with Crippen molar-refractivity contribution in [2.24, 2.45) is 0 Å². The molecule has 0 radical (unpaired) electrons. The summed E-state index contributed by atoms with van der Waals surface area (Å²) < 4.78 is 16.0. The van der Waals surface area contributed by atoms with Crippen molar-refractivity contribution in [2.45, 2.75) is 20.1 Å². The van der Waals surface area contributed by atoms with Gasteiger partial charge in [-0.05, 0) is 19.1 Å². The monoisotopic (exact) mass is 393 g/mol. The summed E-state index contributed by atoms with van der Waals surface area (Å²) in [7, 11) is 1.53. The summed E-state index contributed by atoms with van der Waals surface area (Å²) in [5, 5.41) is 9.91. The van der Waals surface area contributed by atoms with Gasteiger partial charge >= 0.3 is 0 Å². The van der Waals surface area contributed by atoms with Crippen molar-refractivity contribution >= 4 is 28.8 Å². The molecule has 7 nitrogen and oxygen atoms in total. The predicted molar refractivity (Wildman–Crippen MR) is 96.9 cm³/mol. The number of benzene rings is 1. The molecule has 1 amide bonds. The Morgan fingerprint density at radius 3 is 2.92 bits per heavy atom. The zero-order valence-electron chi connectivity index (χ0n) is 14.1. The third-order valence-corrected chi connectivity index (χ3v) is 4.44. The van der Waals surface area contributed by atoms with Crippen molar-refractivity contribution in [3.05, 3.63) is 56.8 Å². The minimum absolute atomic E-state index is 0.101. The standard InChI is InChI=1S/C17H16ClN3O4S/c1-10-20-12(9-26-10)7-19-17(22)14-6-13(25-21-14)8-24-15-4-3-11(18)5-16(15)23-2/h3-6,9H,7-8H2,1-2H3,(H,19,22). The number of nitrogens with one attached hydrogen (secondary N) is 1. The molecule has 3 rings (SSSR count). The van der Waals surface area contributed by atoms with Gasteiger partial charge in [-0.25, -0.2) is 4.98 Å². The normalized spacial score (nSPS) is 10.6. The first-order valence-electron chi connectivity index (χ1n) is 7.66. The summed E-state index contributed by atoms with van der Waals surface area (Å²) in [6.45, 7) is 2.35. The number of carbonyl (C=O) groups is 1. The van der Waals surface area contributed by atoms with Gasteiger partial charge in [-0.1, -0.05) is 16.8 Å². The number of thiazole rings is 1. The molecular formula is C17H16ClN3O4S. The van der Waals surface area contributed by atoms with Crippen LogP contribution in [0.15, 0.2) is 34.2 Å². The smallest absolute Gasteiger partial charge is 0.273 e. The number of ether oxygens (including phenoxy) is 2. The van der Waals surface area contributed by atoms with Crippen molar-refractivity contribution in [1.82, 2.24) is 15.5 Å². The van der Waals surface area contributed by atoms with Gasteiger partial charge in [0.15, 0.2) is 23.0 Å². The van der Waals surface area contributed by atoms with E-state index in [1.54, 1.807) is 18.2 Å². The molecule has 2 heterocycles. The van der Waals surface area contributed by atoms with Gasteiger partial charge in [0, 0.05) is 22.5 Å². The number of methoxy groups -OCH3 is 1. The summed E-state index contributed by atoms with van der Waals surface area (Å²) in [5.41, 5.74) is 0.987. The molecule has 0 bridgehead atoms. The number of carbonyl (C=O) groups excluding carboxylic acids is 1. The van der Waals surface area contributed by atoms with Crippen molar-refractivity contribution < 1.29 is 18.8 Å². The highest BCUT2D eigenvalue weighted by atomic mass is 35.5. The first-order valence-corrected chi connectivity index (χ1v) is 8.92. The van der Waals surface area contributed by atoms with Crippen LogP contribution in [0.25, 0.3) is 0 Å². The number of hydrogen-bond acceptors (Lipinski definition) is 7. The lowest BCUT2D eigenvalue weighted by atomic mass is 10.3. The van der Waals surface area contributed by atoms with E-state index in [4.69, 9.17) is 25.6 Å². The molecular weight excluding hydrogens is 378 g/mol. The highest BCUT2D eigenvalue weighted by Gasteiger charge is 2.14. The Morgan fingerprint density at radius 2 is 2.19 bits per heavy atom. The van der Waals surface area contributed by atoms with Crippen LogP contribution < -0.4 is 14.8 Å². The van der Waals surface area contributed by atoms with Gasteiger partial charge in [-0.2, -0.15) is 0 Å². The Labute approximate surface area is 158 Å². The lowest BCUT2D eigenvalue weighted by Crippen LogP contribution is -2.23. The number of rotatable bonds is 7. The van der Waals surface area contributed by atoms with Crippen LogP contribution in [0.5, 0.6) is 11.5 Å². The van der Waals surface area contributed by atoms with Crippen LogP contribution in [0.4, 0.5) is 0 Å². The van der Waals surface area contributed by atoms with Crippen LogP contribution in [-0.2, 0) is 13.2 Å². The van der Waals surface area contributed by atoms with E-state index in [0.29, 0.717) is 28.8 Å². The second-order valence-corrected chi connectivity index (χ2v) is 6.80. The van der Waals surface area contributed by atoms with Gasteiger partial charge in [0.25, 0.3) is 5.91 Å². The Morgan fingerprint density at radius 1 is 1.35 bits per heavy atom. The summed E-state index contributed by atoms with van der Waals surface area (Å²) in [4.78, 5) is 16.4. The van der Waals surface area contributed by atoms with E-state index in [2.05, 4.69) is 15.5 Å². The molecule has 0 aliphatic carbocycles. The quantitative estimate of drug-likeness (QED) is 0.659. The first-order chi connectivity index (χ1) is 12.5. The number of aryl methyl sites for hydroxylation is 1. The molecule has 0 unspecified atom stereocenters. The SMILES string of the molecule is COc1cc(Cl)ccc1OCc1cc(C(=O)NCc2csc(C)n2)no1. The number of halogens is 1. The van der Waals surface area contributed by atoms with Gasteiger partial charge < -0.3 is 19.3 Å².